The van der Waals surface area contributed by atoms with Crippen LogP contribution in [0.4, 0.5) is 4.39 Å². The standard InChI is InChI=1S/C16H15FN4/c1-10-6-7-11(17)8-12(10)16(21-18)15-9-19-13-4-2-3-5-14(13)20-15/h2-9,16,21H,18H2,1H3. The van der Waals surface area contributed by atoms with Crippen LogP contribution in [0.5, 0.6) is 0 Å². The van der Waals surface area contributed by atoms with Crippen LogP contribution in [0.2, 0.25) is 0 Å². The summed E-state index contributed by atoms with van der Waals surface area (Å²) in [7, 11) is 0. The molecule has 0 amide bonds. The lowest BCUT2D eigenvalue weighted by atomic mass is 9.99. The Bertz CT molecular complexity index is 788. The number of fused-ring (bicyclic) bond motifs is 1. The Morgan fingerprint density at radius 3 is 2.67 bits per heavy atom. The number of nitrogens with one attached hydrogen (secondary N) is 1. The smallest absolute Gasteiger partial charge is 0.123 e. The minimum atomic E-state index is -0.405. The number of benzene rings is 2. The van der Waals surface area contributed by atoms with Crippen LogP contribution in [0.1, 0.15) is 22.9 Å². The summed E-state index contributed by atoms with van der Waals surface area (Å²) in [5, 5.41) is 0. The van der Waals surface area contributed by atoms with Gasteiger partial charge in [0.1, 0.15) is 5.82 Å². The van der Waals surface area contributed by atoms with Crippen LogP contribution in [-0.4, -0.2) is 9.97 Å². The van der Waals surface area contributed by atoms with Crippen LogP contribution >= 0.6 is 0 Å². The van der Waals surface area contributed by atoms with Gasteiger partial charge < -0.3 is 0 Å². The molecule has 0 radical (unpaired) electrons. The third kappa shape index (κ3) is 2.61. The summed E-state index contributed by atoms with van der Waals surface area (Å²) in [6.07, 6.45) is 1.66. The Balaban J connectivity index is 2.11. The fourth-order valence-corrected chi connectivity index (χ4v) is 2.37. The normalized spacial score (nSPS) is 12.5. The van der Waals surface area contributed by atoms with Gasteiger partial charge in [-0.1, -0.05) is 18.2 Å². The zero-order valence-electron chi connectivity index (χ0n) is 11.5. The molecule has 1 unspecified atom stereocenters. The van der Waals surface area contributed by atoms with Gasteiger partial charge in [0.05, 0.1) is 29.0 Å². The summed E-state index contributed by atoms with van der Waals surface area (Å²) >= 11 is 0. The average Bonchev–Trinajstić information content (AvgIpc) is 2.51. The molecule has 0 aliphatic carbocycles. The maximum absolute atomic E-state index is 13.5. The highest BCUT2D eigenvalue weighted by Crippen LogP contribution is 2.24. The average molecular weight is 282 g/mol. The van der Waals surface area contributed by atoms with E-state index in [0.29, 0.717) is 5.69 Å². The van der Waals surface area contributed by atoms with Gasteiger partial charge in [0.15, 0.2) is 0 Å². The molecule has 4 nitrogen and oxygen atoms in total. The van der Waals surface area contributed by atoms with Gasteiger partial charge in [-0.05, 0) is 42.3 Å². The molecule has 5 heteroatoms. The highest BCUT2D eigenvalue weighted by Gasteiger charge is 2.17. The van der Waals surface area contributed by atoms with Gasteiger partial charge in [-0.2, -0.15) is 0 Å². The quantitative estimate of drug-likeness (QED) is 0.572. The summed E-state index contributed by atoms with van der Waals surface area (Å²) in [5.41, 5.74) is 6.64. The van der Waals surface area contributed by atoms with Crippen LogP contribution in [0.15, 0.2) is 48.7 Å². The van der Waals surface area contributed by atoms with Crippen molar-refractivity contribution in [3.05, 3.63) is 71.3 Å². The zero-order valence-corrected chi connectivity index (χ0v) is 11.5. The van der Waals surface area contributed by atoms with Gasteiger partial charge in [0.2, 0.25) is 0 Å². The van der Waals surface area contributed by atoms with Crippen LogP contribution < -0.4 is 11.3 Å². The van der Waals surface area contributed by atoms with Crippen LogP contribution in [0, 0.1) is 12.7 Å². The van der Waals surface area contributed by atoms with Crippen molar-refractivity contribution in [2.45, 2.75) is 13.0 Å². The van der Waals surface area contributed by atoms with E-state index in [4.69, 9.17) is 5.84 Å². The van der Waals surface area contributed by atoms with Crippen LogP contribution in [0.3, 0.4) is 0 Å². The lowest BCUT2D eigenvalue weighted by Gasteiger charge is -2.18. The molecule has 21 heavy (non-hydrogen) atoms. The number of rotatable bonds is 3. The molecule has 0 aliphatic rings. The van der Waals surface area contributed by atoms with E-state index < -0.39 is 6.04 Å². The number of hydrogen-bond acceptors (Lipinski definition) is 4. The molecule has 1 heterocycles. The number of para-hydroxylation sites is 2. The molecule has 1 aromatic heterocycles. The van der Waals surface area contributed by atoms with E-state index in [-0.39, 0.29) is 5.82 Å². The van der Waals surface area contributed by atoms with Crippen molar-refractivity contribution in [2.24, 2.45) is 5.84 Å². The monoisotopic (exact) mass is 282 g/mol. The van der Waals surface area contributed by atoms with Gasteiger partial charge >= 0.3 is 0 Å². The molecular formula is C16H15FN4. The summed E-state index contributed by atoms with van der Waals surface area (Å²) < 4.78 is 13.5. The summed E-state index contributed by atoms with van der Waals surface area (Å²) in [6, 6.07) is 11.8. The highest BCUT2D eigenvalue weighted by atomic mass is 19.1. The molecule has 0 fully saturated rings. The van der Waals surface area contributed by atoms with E-state index in [1.807, 2.05) is 31.2 Å². The Morgan fingerprint density at radius 2 is 1.90 bits per heavy atom. The first-order chi connectivity index (χ1) is 10.2. The summed E-state index contributed by atoms with van der Waals surface area (Å²) in [5.74, 6) is 5.36. The molecule has 0 bridgehead atoms. The van der Waals surface area contributed by atoms with Crippen molar-refractivity contribution >= 4 is 11.0 Å². The highest BCUT2D eigenvalue weighted by molar-refractivity contribution is 5.73. The Labute approximate surface area is 121 Å². The largest absolute Gasteiger partial charge is 0.271 e. The zero-order chi connectivity index (χ0) is 14.8. The van der Waals surface area contributed by atoms with Crippen molar-refractivity contribution in [1.29, 1.82) is 0 Å². The second-order valence-electron chi connectivity index (χ2n) is 4.88. The number of nitrogens with two attached hydrogens (primary N) is 1. The Hall–Kier alpha value is -2.37. The molecule has 1 atom stereocenters. The van der Waals surface area contributed by atoms with E-state index in [2.05, 4.69) is 15.4 Å². The van der Waals surface area contributed by atoms with Gasteiger partial charge in [-0.3, -0.25) is 10.8 Å². The van der Waals surface area contributed by atoms with Crippen LogP contribution in [-0.2, 0) is 0 Å². The number of halogens is 1. The van der Waals surface area contributed by atoms with E-state index >= 15 is 0 Å². The summed E-state index contributed by atoms with van der Waals surface area (Å²) in [4.78, 5) is 8.94. The second kappa shape index (κ2) is 5.55. The minimum Gasteiger partial charge on any atom is -0.271 e. The molecular weight excluding hydrogens is 267 g/mol. The van der Waals surface area contributed by atoms with Gasteiger partial charge in [0, 0.05) is 0 Å². The minimum absolute atomic E-state index is 0.301. The molecule has 0 saturated heterocycles. The van der Waals surface area contributed by atoms with Gasteiger partial charge in [-0.25, -0.2) is 14.8 Å². The first kappa shape index (κ1) is 13.6. The van der Waals surface area contributed by atoms with Crippen molar-refractivity contribution in [2.75, 3.05) is 0 Å². The maximum Gasteiger partial charge on any atom is 0.123 e. The predicted octanol–water partition coefficient (Wildman–Crippen LogP) is 2.63. The van der Waals surface area contributed by atoms with E-state index in [1.165, 1.54) is 12.1 Å². The topological polar surface area (TPSA) is 63.8 Å². The Morgan fingerprint density at radius 1 is 1.14 bits per heavy atom. The molecule has 3 rings (SSSR count). The fraction of sp³-hybridized carbons (Fsp3) is 0.125. The molecule has 0 saturated carbocycles. The fourth-order valence-electron chi connectivity index (χ4n) is 2.37. The first-order valence-corrected chi connectivity index (χ1v) is 6.63. The molecule has 106 valence electrons. The van der Waals surface area contributed by atoms with E-state index in [1.54, 1.807) is 12.3 Å². The SMILES string of the molecule is Cc1ccc(F)cc1C(NN)c1cnc2ccccc2n1. The van der Waals surface area contributed by atoms with E-state index in [9.17, 15) is 4.39 Å². The number of aromatic nitrogens is 2. The maximum atomic E-state index is 13.5. The molecule has 0 spiro atoms. The third-order valence-corrected chi connectivity index (χ3v) is 3.48. The van der Waals surface area contributed by atoms with Crippen molar-refractivity contribution < 1.29 is 4.39 Å². The van der Waals surface area contributed by atoms with Gasteiger partial charge in [-0.15, -0.1) is 0 Å². The predicted molar refractivity (Wildman–Crippen MR) is 79.8 cm³/mol. The summed E-state index contributed by atoms with van der Waals surface area (Å²) in [6.45, 7) is 1.91. The molecule has 3 N–H and O–H groups in total. The number of hydrazine groups is 1. The van der Waals surface area contributed by atoms with Gasteiger partial charge in [0.25, 0.3) is 0 Å². The van der Waals surface area contributed by atoms with Crippen molar-refractivity contribution in [3.8, 4) is 0 Å². The molecule has 2 aromatic carbocycles. The number of hydrogen-bond donors (Lipinski definition) is 2. The van der Waals surface area contributed by atoms with Crippen molar-refractivity contribution in [3.63, 3.8) is 0 Å². The molecule has 0 aliphatic heterocycles. The van der Waals surface area contributed by atoms with Crippen LogP contribution in [0.25, 0.3) is 11.0 Å². The lowest BCUT2D eigenvalue weighted by molar-refractivity contribution is 0.595. The molecule has 3 aromatic rings. The Kier molecular flexibility index (Phi) is 3.60. The van der Waals surface area contributed by atoms with E-state index in [0.717, 1.165) is 22.2 Å². The second-order valence-corrected chi connectivity index (χ2v) is 4.88. The third-order valence-electron chi connectivity index (χ3n) is 3.48. The lowest BCUT2D eigenvalue weighted by Crippen LogP contribution is -2.30. The number of aryl methyl sites for hydroxylation is 1. The number of nitrogens with zero attached hydrogens (tertiary/aromatic N) is 2. The first-order valence-electron chi connectivity index (χ1n) is 6.63. The van der Waals surface area contributed by atoms with Crippen molar-refractivity contribution in [1.82, 2.24) is 15.4 Å².